The number of aryl methyl sites for hydroxylation is 1. The highest BCUT2D eigenvalue weighted by molar-refractivity contribution is 5.57. The van der Waals surface area contributed by atoms with Gasteiger partial charge in [-0.15, -0.1) is 0 Å². The Morgan fingerprint density at radius 2 is 1.86 bits per heavy atom. The second-order valence-corrected chi connectivity index (χ2v) is 4.46. The molecule has 2 aromatic rings. The standard InChI is InChI=1S/C15H20N2O4/c1-5-17-9-10(8-16-17)13(18)11-6-7-12(19-2)15(21-4)14(11)20-3/h6-9,13,18H,5H2,1-4H3. The van der Waals surface area contributed by atoms with Crippen LogP contribution in [0.5, 0.6) is 17.2 Å². The second-order valence-electron chi connectivity index (χ2n) is 4.46. The first kappa shape index (κ1) is 15.2. The van der Waals surface area contributed by atoms with Gasteiger partial charge in [-0.05, 0) is 19.1 Å². The fraction of sp³-hybridized carbons (Fsp3) is 0.400. The molecular formula is C15H20N2O4. The molecule has 0 fully saturated rings. The van der Waals surface area contributed by atoms with Crippen LogP contribution in [-0.4, -0.2) is 36.2 Å². The lowest BCUT2D eigenvalue weighted by Gasteiger charge is -2.18. The van der Waals surface area contributed by atoms with Crippen LogP contribution < -0.4 is 14.2 Å². The molecule has 1 aromatic heterocycles. The molecule has 21 heavy (non-hydrogen) atoms. The van der Waals surface area contributed by atoms with Crippen molar-refractivity contribution in [2.45, 2.75) is 19.6 Å². The van der Waals surface area contributed by atoms with Gasteiger partial charge in [-0.1, -0.05) is 0 Å². The third-order valence-corrected chi connectivity index (χ3v) is 3.32. The molecular weight excluding hydrogens is 272 g/mol. The molecule has 6 nitrogen and oxygen atoms in total. The van der Waals surface area contributed by atoms with Crippen molar-refractivity contribution >= 4 is 0 Å². The fourth-order valence-electron chi connectivity index (χ4n) is 2.21. The van der Waals surface area contributed by atoms with Gasteiger partial charge in [0.25, 0.3) is 0 Å². The summed E-state index contributed by atoms with van der Waals surface area (Å²) in [5.41, 5.74) is 1.30. The molecule has 0 aliphatic heterocycles. The van der Waals surface area contributed by atoms with Crippen LogP contribution in [0.15, 0.2) is 24.5 Å². The maximum atomic E-state index is 10.6. The maximum Gasteiger partial charge on any atom is 0.203 e. The molecule has 0 bridgehead atoms. The summed E-state index contributed by atoms with van der Waals surface area (Å²) in [6.07, 6.45) is 2.60. The summed E-state index contributed by atoms with van der Waals surface area (Å²) in [7, 11) is 4.62. The molecule has 0 aliphatic carbocycles. The van der Waals surface area contributed by atoms with E-state index >= 15 is 0 Å². The Morgan fingerprint density at radius 3 is 2.38 bits per heavy atom. The van der Waals surface area contributed by atoms with Crippen LogP contribution in [0, 0.1) is 0 Å². The lowest BCUT2D eigenvalue weighted by Crippen LogP contribution is -2.04. The Balaban J connectivity index is 2.47. The van der Waals surface area contributed by atoms with Crippen LogP contribution in [-0.2, 0) is 6.54 Å². The van der Waals surface area contributed by atoms with E-state index in [4.69, 9.17) is 14.2 Å². The highest BCUT2D eigenvalue weighted by atomic mass is 16.5. The molecule has 114 valence electrons. The Hall–Kier alpha value is -2.21. The molecule has 1 N–H and O–H groups in total. The Kier molecular flexibility index (Phi) is 4.70. The van der Waals surface area contributed by atoms with Gasteiger partial charge in [0.05, 0.1) is 27.5 Å². The normalized spacial score (nSPS) is 12.0. The number of aliphatic hydroxyl groups excluding tert-OH is 1. The van der Waals surface area contributed by atoms with Crippen LogP contribution in [0.2, 0.25) is 0 Å². The van der Waals surface area contributed by atoms with E-state index in [1.807, 2.05) is 6.92 Å². The van der Waals surface area contributed by atoms with E-state index in [0.717, 1.165) is 6.54 Å². The van der Waals surface area contributed by atoms with E-state index < -0.39 is 6.10 Å². The molecule has 1 unspecified atom stereocenters. The fourth-order valence-corrected chi connectivity index (χ4v) is 2.21. The Morgan fingerprint density at radius 1 is 1.14 bits per heavy atom. The van der Waals surface area contributed by atoms with Crippen LogP contribution in [0.3, 0.4) is 0 Å². The highest BCUT2D eigenvalue weighted by Gasteiger charge is 2.22. The van der Waals surface area contributed by atoms with Crippen molar-refractivity contribution in [1.82, 2.24) is 9.78 Å². The molecule has 0 radical (unpaired) electrons. The number of rotatable bonds is 6. The minimum Gasteiger partial charge on any atom is -0.493 e. The van der Waals surface area contributed by atoms with Gasteiger partial charge >= 0.3 is 0 Å². The summed E-state index contributed by atoms with van der Waals surface area (Å²) in [5.74, 6) is 1.46. The van der Waals surface area contributed by atoms with Gasteiger partial charge in [-0.3, -0.25) is 4.68 Å². The predicted molar refractivity (Wildman–Crippen MR) is 78.1 cm³/mol. The number of hydrogen-bond donors (Lipinski definition) is 1. The van der Waals surface area contributed by atoms with Crippen molar-refractivity contribution in [2.75, 3.05) is 21.3 Å². The molecule has 1 atom stereocenters. The van der Waals surface area contributed by atoms with E-state index in [-0.39, 0.29) is 0 Å². The second kappa shape index (κ2) is 6.49. The molecule has 2 rings (SSSR count). The Labute approximate surface area is 123 Å². The third kappa shape index (κ3) is 2.80. The van der Waals surface area contributed by atoms with Crippen LogP contribution in [0.1, 0.15) is 24.2 Å². The van der Waals surface area contributed by atoms with Gasteiger partial charge in [0, 0.05) is 23.9 Å². The summed E-state index contributed by atoms with van der Waals surface area (Å²) < 4.78 is 17.7. The Bertz CT molecular complexity index is 610. The largest absolute Gasteiger partial charge is 0.493 e. The van der Waals surface area contributed by atoms with E-state index in [2.05, 4.69) is 5.10 Å². The smallest absolute Gasteiger partial charge is 0.203 e. The monoisotopic (exact) mass is 292 g/mol. The summed E-state index contributed by atoms with van der Waals surface area (Å²) in [5, 5.41) is 14.7. The number of aromatic nitrogens is 2. The lowest BCUT2D eigenvalue weighted by atomic mass is 10.0. The van der Waals surface area contributed by atoms with E-state index in [9.17, 15) is 5.11 Å². The zero-order valence-corrected chi connectivity index (χ0v) is 12.7. The lowest BCUT2D eigenvalue weighted by molar-refractivity contribution is 0.212. The number of benzene rings is 1. The SMILES string of the molecule is CCn1cc(C(O)c2ccc(OC)c(OC)c2OC)cn1. The van der Waals surface area contributed by atoms with Crippen molar-refractivity contribution in [2.24, 2.45) is 0 Å². The highest BCUT2D eigenvalue weighted by Crippen LogP contribution is 2.43. The van der Waals surface area contributed by atoms with Crippen molar-refractivity contribution < 1.29 is 19.3 Å². The van der Waals surface area contributed by atoms with Gasteiger partial charge in [0.2, 0.25) is 5.75 Å². The van der Waals surface area contributed by atoms with Crippen molar-refractivity contribution in [3.63, 3.8) is 0 Å². The average molecular weight is 292 g/mol. The van der Waals surface area contributed by atoms with Crippen LogP contribution in [0.25, 0.3) is 0 Å². The van der Waals surface area contributed by atoms with Crippen LogP contribution in [0.4, 0.5) is 0 Å². The van der Waals surface area contributed by atoms with Gasteiger partial charge in [-0.2, -0.15) is 5.10 Å². The van der Waals surface area contributed by atoms with Crippen molar-refractivity contribution in [1.29, 1.82) is 0 Å². The topological polar surface area (TPSA) is 65.7 Å². The minimum absolute atomic E-state index is 0.452. The molecule has 1 aromatic carbocycles. The molecule has 1 heterocycles. The molecule has 0 aliphatic rings. The third-order valence-electron chi connectivity index (χ3n) is 3.32. The summed E-state index contributed by atoms with van der Waals surface area (Å²) in [4.78, 5) is 0. The van der Waals surface area contributed by atoms with Crippen molar-refractivity contribution in [3.05, 3.63) is 35.7 Å². The van der Waals surface area contributed by atoms with Gasteiger partial charge in [0.15, 0.2) is 11.5 Å². The maximum absolute atomic E-state index is 10.6. The quantitative estimate of drug-likeness (QED) is 0.882. The minimum atomic E-state index is -0.847. The number of nitrogens with zero attached hydrogens (tertiary/aromatic N) is 2. The first-order valence-electron chi connectivity index (χ1n) is 6.65. The molecule has 6 heteroatoms. The number of hydrogen-bond acceptors (Lipinski definition) is 5. The zero-order chi connectivity index (χ0) is 15.4. The number of methoxy groups -OCH3 is 3. The molecule has 0 spiro atoms. The molecule has 0 saturated heterocycles. The molecule has 0 saturated carbocycles. The van der Waals surface area contributed by atoms with Gasteiger partial charge in [0.1, 0.15) is 6.10 Å². The summed E-state index contributed by atoms with van der Waals surface area (Å²) >= 11 is 0. The van der Waals surface area contributed by atoms with Gasteiger partial charge in [-0.25, -0.2) is 0 Å². The van der Waals surface area contributed by atoms with E-state index in [1.54, 1.807) is 36.3 Å². The number of ether oxygens (including phenoxy) is 3. The predicted octanol–water partition coefficient (Wildman–Crippen LogP) is 2.01. The van der Waals surface area contributed by atoms with Crippen LogP contribution >= 0.6 is 0 Å². The average Bonchev–Trinajstić information content (AvgIpc) is 3.01. The van der Waals surface area contributed by atoms with E-state index in [0.29, 0.717) is 28.4 Å². The summed E-state index contributed by atoms with van der Waals surface area (Å²) in [6, 6.07) is 3.50. The van der Waals surface area contributed by atoms with E-state index in [1.165, 1.54) is 14.2 Å². The first-order valence-corrected chi connectivity index (χ1v) is 6.65. The number of aliphatic hydroxyl groups is 1. The van der Waals surface area contributed by atoms with Crippen molar-refractivity contribution in [3.8, 4) is 17.2 Å². The molecule has 0 amide bonds. The first-order chi connectivity index (χ1) is 10.2. The van der Waals surface area contributed by atoms with Gasteiger partial charge < -0.3 is 19.3 Å². The summed E-state index contributed by atoms with van der Waals surface area (Å²) in [6.45, 7) is 2.73. The zero-order valence-electron chi connectivity index (χ0n) is 12.7.